The highest BCUT2D eigenvalue weighted by molar-refractivity contribution is 5.86. The van der Waals surface area contributed by atoms with E-state index in [2.05, 4.69) is 22.9 Å². The molecule has 0 aromatic heterocycles. The molecule has 22 heavy (non-hydrogen) atoms. The Morgan fingerprint density at radius 2 is 1.82 bits per heavy atom. The van der Waals surface area contributed by atoms with Gasteiger partial charge in [-0.1, -0.05) is 45.4 Å². The van der Waals surface area contributed by atoms with Gasteiger partial charge in [0.05, 0.1) is 0 Å². The predicted molar refractivity (Wildman–Crippen MR) is 88.5 cm³/mol. The van der Waals surface area contributed by atoms with Crippen LogP contribution in [0.3, 0.4) is 0 Å². The Kier molecular flexibility index (Phi) is 9.62. The van der Waals surface area contributed by atoms with Crippen LogP contribution >= 0.6 is 0 Å². The fraction of sp³-hybridized carbons (Fsp3) is 0.875. The van der Waals surface area contributed by atoms with Crippen LogP contribution in [0.25, 0.3) is 0 Å². The molecule has 0 radical (unpaired) electrons. The maximum Gasteiger partial charge on any atom is 0.312 e. The van der Waals surface area contributed by atoms with Gasteiger partial charge in [-0.15, -0.1) is 0 Å². The molecule has 1 unspecified atom stereocenters. The van der Waals surface area contributed by atoms with Crippen molar-refractivity contribution in [3.05, 3.63) is 0 Å². The molecule has 1 atom stereocenters. The topological polar surface area (TPSA) is 96.2 Å². The minimum Gasteiger partial charge on any atom is -0.353 e. The smallest absolute Gasteiger partial charge is 0.312 e. The highest BCUT2D eigenvalue weighted by atomic mass is 16.2. The van der Waals surface area contributed by atoms with Crippen LogP contribution < -0.4 is 21.7 Å². The number of hydrogen-bond acceptors (Lipinski definition) is 3. The van der Waals surface area contributed by atoms with Gasteiger partial charge in [0.25, 0.3) is 0 Å². The lowest BCUT2D eigenvalue weighted by Crippen LogP contribution is -2.49. The number of amides is 3. The van der Waals surface area contributed by atoms with E-state index in [0.29, 0.717) is 19.0 Å². The quantitative estimate of drug-likeness (QED) is 0.385. The number of hydrogen-bond donors (Lipinski definition) is 4. The number of rotatable bonds is 9. The van der Waals surface area contributed by atoms with Crippen molar-refractivity contribution in [3.8, 4) is 0 Å². The van der Waals surface area contributed by atoms with Crippen LogP contribution in [-0.4, -0.2) is 37.1 Å². The second-order valence-corrected chi connectivity index (χ2v) is 6.14. The molecule has 0 aliphatic heterocycles. The second kappa shape index (κ2) is 11.3. The van der Waals surface area contributed by atoms with Crippen molar-refractivity contribution >= 4 is 11.9 Å². The highest BCUT2D eigenvalue weighted by Crippen LogP contribution is 2.16. The third kappa shape index (κ3) is 8.22. The SMILES string of the molecule is CCCCC(NC(N)=O)C(=O)NCCNC1CCCCCC1. The molecule has 3 amide bonds. The molecule has 1 aliphatic rings. The summed E-state index contributed by atoms with van der Waals surface area (Å²) in [5, 5.41) is 8.91. The van der Waals surface area contributed by atoms with E-state index < -0.39 is 12.1 Å². The van der Waals surface area contributed by atoms with Crippen molar-refractivity contribution in [1.29, 1.82) is 0 Å². The molecule has 6 nitrogen and oxygen atoms in total. The van der Waals surface area contributed by atoms with Crippen molar-refractivity contribution in [2.75, 3.05) is 13.1 Å². The molecule has 6 heteroatoms. The van der Waals surface area contributed by atoms with Gasteiger partial charge in [0.1, 0.15) is 6.04 Å². The first-order valence-electron chi connectivity index (χ1n) is 8.70. The molecule has 1 aliphatic carbocycles. The Balaban J connectivity index is 2.22. The molecule has 0 aromatic carbocycles. The monoisotopic (exact) mass is 312 g/mol. The number of unbranched alkanes of at least 4 members (excludes halogenated alkanes) is 1. The summed E-state index contributed by atoms with van der Waals surface area (Å²) >= 11 is 0. The molecule has 1 fully saturated rings. The largest absolute Gasteiger partial charge is 0.353 e. The van der Waals surface area contributed by atoms with Gasteiger partial charge >= 0.3 is 6.03 Å². The number of carbonyl (C=O) groups is 2. The Labute approximate surface area is 134 Å². The summed E-state index contributed by atoms with van der Waals surface area (Å²) in [5.74, 6) is -0.144. The van der Waals surface area contributed by atoms with E-state index in [-0.39, 0.29) is 5.91 Å². The molecular weight excluding hydrogens is 280 g/mol. The van der Waals surface area contributed by atoms with Crippen molar-refractivity contribution in [2.24, 2.45) is 5.73 Å². The lowest BCUT2D eigenvalue weighted by molar-refractivity contribution is -0.123. The number of primary amides is 1. The zero-order valence-corrected chi connectivity index (χ0v) is 13.8. The van der Waals surface area contributed by atoms with Crippen molar-refractivity contribution in [3.63, 3.8) is 0 Å². The van der Waals surface area contributed by atoms with Crippen molar-refractivity contribution < 1.29 is 9.59 Å². The second-order valence-electron chi connectivity index (χ2n) is 6.14. The molecule has 0 bridgehead atoms. The van der Waals surface area contributed by atoms with E-state index in [9.17, 15) is 9.59 Å². The average molecular weight is 312 g/mol. The van der Waals surface area contributed by atoms with Gasteiger partial charge in [-0.2, -0.15) is 0 Å². The van der Waals surface area contributed by atoms with Gasteiger partial charge < -0.3 is 21.7 Å². The van der Waals surface area contributed by atoms with Crippen LogP contribution in [0.5, 0.6) is 0 Å². The normalized spacial score (nSPS) is 17.5. The summed E-state index contributed by atoms with van der Waals surface area (Å²) in [7, 11) is 0. The zero-order valence-electron chi connectivity index (χ0n) is 13.8. The first-order valence-corrected chi connectivity index (χ1v) is 8.70. The summed E-state index contributed by atoms with van der Waals surface area (Å²) < 4.78 is 0. The van der Waals surface area contributed by atoms with Gasteiger partial charge in [-0.25, -0.2) is 4.79 Å². The maximum absolute atomic E-state index is 12.1. The van der Waals surface area contributed by atoms with Crippen LogP contribution in [-0.2, 0) is 4.79 Å². The first kappa shape index (κ1) is 18.7. The minimum atomic E-state index is -0.646. The van der Waals surface area contributed by atoms with Crippen LogP contribution in [0.1, 0.15) is 64.7 Å². The third-order valence-corrected chi connectivity index (χ3v) is 4.19. The molecule has 0 heterocycles. The van der Waals surface area contributed by atoms with Gasteiger partial charge in [-0.05, 0) is 19.3 Å². The predicted octanol–water partition coefficient (Wildman–Crippen LogP) is 1.64. The number of urea groups is 1. The van der Waals surface area contributed by atoms with Crippen LogP contribution in [0.15, 0.2) is 0 Å². The van der Waals surface area contributed by atoms with Gasteiger partial charge in [0.15, 0.2) is 0 Å². The molecular formula is C16H32N4O2. The first-order chi connectivity index (χ1) is 10.6. The van der Waals surface area contributed by atoms with Crippen molar-refractivity contribution in [1.82, 2.24) is 16.0 Å². The Morgan fingerprint density at radius 3 is 2.41 bits per heavy atom. The lowest BCUT2D eigenvalue weighted by Gasteiger charge is -2.19. The summed E-state index contributed by atoms with van der Waals surface area (Å²) in [4.78, 5) is 23.0. The fourth-order valence-electron chi connectivity index (χ4n) is 2.92. The van der Waals surface area contributed by atoms with Crippen LogP contribution in [0, 0.1) is 0 Å². The van der Waals surface area contributed by atoms with Gasteiger partial charge in [0, 0.05) is 19.1 Å². The third-order valence-electron chi connectivity index (χ3n) is 4.19. The van der Waals surface area contributed by atoms with E-state index in [1.807, 2.05) is 0 Å². The zero-order chi connectivity index (χ0) is 16.2. The summed E-state index contributed by atoms with van der Waals surface area (Å²) in [6.45, 7) is 3.40. The maximum atomic E-state index is 12.1. The standard InChI is InChI=1S/C16H32N4O2/c1-2-3-10-14(20-16(17)22)15(21)19-12-11-18-13-8-6-4-5-7-9-13/h13-14,18H,2-12H2,1H3,(H,19,21)(H3,17,20,22). The molecule has 1 rings (SSSR count). The fourth-order valence-corrected chi connectivity index (χ4v) is 2.92. The van der Waals surface area contributed by atoms with Crippen molar-refractivity contribution in [2.45, 2.75) is 76.8 Å². The summed E-state index contributed by atoms with van der Waals surface area (Å²) in [5.41, 5.74) is 5.13. The van der Waals surface area contributed by atoms with E-state index in [1.165, 1.54) is 38.5 Å². The van der Waals surface area contributed by atoms with Gasteiger partial charge in [0.2, 0.25) is 5.91 Å². The molecule has 1 saturated carbocycles. The number of carbonyl (C=O) groups excluding carboxylic acids is 2. The van der Waals surface area contributed by atoms with E-state index in [0.717, 1.165) is 19.4 Å². The molecule has 0 spiro atoms. The lowest BCUT2D eigenvalue weighted by atomic mass is 10.1. The Morgan fingerprint density at radius 1 is 1.14 bits per heavy atom. The Hall–Kier alpha value is -1.30. The molecule has 0 saturated heterocycles. The molecule has 128 valence electrons. The summed E-state index contributed by atoms with van der Waals surface area (Å²) in [6, 6.07) is -0.581. The van der Waals surface area contributed by atoms with E-state index in [1.54, 1.807) is 0 Å². The van der Waals surface area contributed by atoms with Gasteiger partial charge in [-0.3, -0.25) is 4.79 Å². The van der Waals surface area contributed by atoms with E-state index in [4.69, 9.17) is 5.73 Å². The number of nitrogens with two attached hydrogens (primary N) is 1. The van der Waals surface area contributed by atoms with Crippen LogP contribution in [0.4, 0.5) is 4.79 Å². The van der Waals surface area contributed by atoms with E-state index >= 15 is 0 Å². The van der Waals surface area contributed by atoms with Crippen LogP contribution in [0.2, 0.25) is 0 Å². The number of nitrogens with one attached hydrogen (secondary N) is 3. The minimum absolute atomic E-state index is 0.144. The Bertz CT molecular complexity index is 328. The summed E-state index contributed by atoms with van der Waals surface area (Å²) in [6.07, 6.45) is 10.2. The average Bonchev–Trinajstić information content (AvgIpc) is 2.76. The molecule has 0 aromatic rings. The molecule has 5 N–H and O–H groups in total. The highest BCUT2D eigenvalue weighted by Gasteiger charge is 2.18.